The molecule has 4 nitrogen and oxygen atoms in total. The van der Waals surface area contributed by atoms with Crippen LogP contribution in [-0.2, 0) is 6.54 Å². The molecule has 0 amide bonds. The molecule has 21 heavy (non-hydrogen) atoms. The van der Waals surface area contributed by atoms with Crippen LogP contribution in [0.15, 0.2) is 42.5 Å². The van der Waals surface area contributed by atoms with Crippen LogP contribution in [-0.4, -0.2) is 4.92 Å². The quantitative estimate of drug-likeness (QED) is 0.657. The first-order valence-electron chi connectivity index (χ1n) is 6.70. The molecular weight excluding hydrogens is 288 g/mol. The Morgan fingerprint density at radius 1 is 1.24 bits per heavy atom. The summed E-state index contributed by atoms with van der Waals surface area (Å²) in [7, 11) is 0. The number of hydrogen-bond donors (Lipinski definition) is 1. The first-order chi connectivity index (χ1) is 9.97. The molecule has 0 spiro atoms. The Hall–Kier alpha value is -1.91. The zero-order valence-electron chi connectivity index (χ0n) is 12.0. The lowest BCUT2D eigenvalue weighted by Gasteiger charge is -2.14. The predicted molar refractivity (Wildman–Crippen MR) is 84.5 cm³/mol. The highest BCUT2D eigenvalue weighted by atomic mass is 35.5. The van der Waals surface area contributed by atoms with Gasteiger partial charge < -0.3 is 5.32 Å². The molecule has 0 aliphatic heterocycles. The molecule has 0 heterocycles. The summed E-state index contributed by atoms with van der Waals surface area (Å²) in [6, 6.07) is 13.1. The summed E-state index contributed by atoms with van der Waals surface area (Å²) in [5, 5.41) is 15.0. The van der Waals surface area contributed by atoms with Crippen molar-refractivity contribution in [2.45, 2.75) is 26.4 Å². The van der Waals surface area contributed by atoms with Crippen LogP contribution in [0.25, 0.3) is 0 Å². The van der Waals surface area contributed by atoms with Gasteiger partial charge >= 0.3 is 0 Å². The Morgan fingerprint density at radius 2 is 1.90 bits per heavy atom. The lowest BCUT2D eigenvalue weighted by molar-refractivity contribution is -0.385. The summed E-state index contributed by atoms with van der Waals surface area (Å²) in [4.78, 5) is 10.6. The van der Waals surface area contributed by atoms with E-state index in [0.29, 0.717) is 17.1 Å². The SMILES string of the molecule is Cc1ccc(CN[C@H](C)c2ccc(Cl)cc2)cc1[N+](=O)[O-]. The van der Waals surface area contributed by atoms with Crippen LogP contribution in [0, 0.1) is 17.0 Å². The topological polar surface area (TPSA) is 55.2 Å². The van der Waals surface area contributed by atoms with Crippen molar-refractivity contribution < 1.29 is 4.92 Å². The van der Waals surface area contributed by atoms with Gasteiger partial charge in [0.1, 0.15) is 0 Å². The number of rotatable bonds is 5. The standard InChI is InChI=1S/C16H17ClN2O2/c1-11-3-4-13(9-16(11)19(20)21)10-18-12(2)14-5-7-15(17)8-6-14/h3-9,12,18H,10H2,1-2H3/t12-/m1/s1. The van der Waals surface area contributed by atoms with E-state index in [2.05, 4.69) is 5.32 Å². The van der Waals surface area contributed by atoms with E-state index in [1.165, 1.54) is 0 Å². The molecule has 0 aromatic heterocycles. The number of nitro groups is 1. The molecule has 0 radical (unpaired) electrons. The van der Waals surface area contributed by atoms with Crippen LogP contribution < -0.4 is 5.32 Å². The minimum absolute atomic E-state index is 0.141. The van der Waals surface area contributed by atoms with Crippen LogP contribution in [0.5, 0.6) is 0 Å². The fourth-order valence-electron chi connectivity index (χ4n) is 2.10. The molecule has 0 saturated carbocycles. The Morgan fingerprint density at radius 3 is 2.52 bits per heavy atom. The first kappa shape index (κ1) is 15.5. The molecule has 1 atom stereocenters. The Kier molecular flexibility index (Phi) is 4.94. The van der Waals surface area contributed by atoms with Gasteiger partial charge in [0.15, 0.2) is 0 Å². The molecular formula is C16H17ClN2O2. The van der Waals surface area contributed by atoms with Gasteiger partial charge in [0.05, 0.1) is 4.92 Å². The normalized spacial score (nSPS) is 12.1. The maximum Gasteiger partial charge on any atom is 0.272 e. The molecule has 2 aromatic rings. The third-order valence-electron chi connectivity index (χ3n) is 3.45. The van der Waals surface area contributed by atoms with E-state index in [1.54, 1.807) is 19.1 Å². The van der Waals surface area contributed by atoms with Crippen molar-refractivity contribution in [2.24, 2.45) is 0 Å². The maximum atomic E-state index is 10.9. The monoisotopic (exact) mass is 304 g/mol. The summed E-state index contributed by atoms with van der Waals surface area (Å²) in [6.07, 6.45) is 0. The maximum absolute atomic E-state index is 10.9. The van der Waals surface area contributed by atoms with Gasteiger partial charge in [-0.3, -0.25) is 10.1 Å². The highest BCUT2D eigenvalue weighted by molar-refractivity contribution is 6.30. The summed E-state index contributed by atoms with van der Waals surface area (Å²) in [5.74, 6) is 0. The number of nitro benzene ring substituents is 1. The van der Waals surface area contributed by atoms with E-state index in [4.69, 9.17) is 11.6 Å². The Balaban J connectivity index is 2.04. The minimum atomic E-state index is -0.346. The fourth-order valence-corrected chi connectivity index (χ4v) is 2.23. The van der Waals surface area contributed by atoms with Gasteiger partial charge in [-0.15, -0.1) is 0 Å². The van der Waals surface area contributed by atoms with Crippen molar-refractivity contribution in [1.29, 1.82) is 0 Å². The summed E-state index contributed by atoms with van der Waals surface area (Å²) in [6.45, 7) is 4.36. The van der Waals surface area contributed by atoms with Crippen molar-refractivity contribution in [3.05, 3.63) is 74.3 Å². The van der Waals surface area contributed by atoms with Gasteiger partial charge in [-0.1, -0.05) is 35.9 Å². The molecule has 0 saturated heterocycles. The van der Waals surface area contributed by atoms with Gasteiger partial charge in [0.2, 0.25) is 0 Å². The lowest BCUT2D eigenvalue weighted by Crippen LogP contribution is -2.18. The first-order valence-corrected chi connectivity index (χ1v) is 7.08. The Labute approximate surface area is 128 Å². The molecule has 0 unspecified atom stereocenters. The third kappa shape index (κ3) is 4.03. The number of nitrogens with zero attached hydrogens (tertiary/aromatic N) is 1. The second-order valence-corrected chi connectivity index (χ2v) is 5.47. The average molecular weight is 305 g/mol. The predicted octanol–water partition coefficient (Wildman–Crippen LogP) is 4.41. The number of aryl methyl sites for hydroxylation is 1. The third-order valence-corrected chi connectivity index (χ3v) is 3.70. The molecule has 5 heteroatoms. The highest BCUT2D eigenvalue weighted by Crippen LogP contribution is 2.20. The second-order valence-electron chi connectivity index (χ2n) is 5.03. The van der Waals surface area contributed by atoms with Crippen molar-refractivity contribution in [1.82, 2.24) is 5.32 Å². The van der Waals surface area contributed by atoms with Crippen LogP contribution in [0.1, 0.15) is 29.7 Å². The minimum Gasteiger partial charge on any atom is -0.306 e. The van der Waals surface area contributed by atoms with Crippen LogP contribution in [0.4, 0.5) is 5.69 Å². The zero-order valence-corrected chi connectivity index (χ0v) is 12.7. The lowest BCUT2D eigenvalue weighted by atomic mass is 10.1. The van der Waals surface area contributed by atoms with E-state index >= 15 is 0 Å². The van der Waals surface area contributed by atoms with Crippen LogP contribution >= 0.6 is 11.6 Å². The largest absolute Gasteiger partial charge is 0.306 e. The average Bonchev–Trinajstić information content (AvgIpc) is 2.46. The van der Waals surface area contributed by atoms with Crippen molar-refractivity contribution in [2.75, 3.05) is 0 Å². The van der Waals surface area contributed by atoms with Crippen molar-refractivity contribution >= 4 is 17.3 Å². The number of benzene rings is 2. The van der Waals surface area contributed by atoms with E-state index in [-0.39, 0.29) is 16.7 Å². The summed E-state index contributed by atoms with van der Waals surface area (Å²) >= 11 is 5.87. The van der Waals surface area contributed by atoms with Crippen LogP contribution in [0.3, 0.4) is 0 Å². The fraction of sp³-hybridized carbons (Fsp3) is 0.250. The van der Waals surface area contributed by atoms with Gasteiger partial charge in [0, 0.05) is 29.2 Å². The molecule has 1 N–H and O–H groups in total. The summed E-state index contributed by atoms with van der Waals surface area (Å²) in [5.41, 5.74) is 2.86. The molecule has 0 fully saturated rings. The van der Waals surface area contributed by atoms with E-state index in [1.807, 2.05) is 37.3 Å². The smallest absolute Gasteiger partial charge is 0.272 e. The van der Waals surface area contributed by atoms with E-state index in [0.717, 1.165) is 11.1 Å². The van der Waals surface area contributed by atoms with Gasteiger partial charge in [0.25, 0.3) is 5.69 Å². The highest BCUT2D eigenvalue weighted by Gasteiger charge is 2.11. The van der Waals surface area contributed by atoms with E-state index in [9.17, 15) is 10.1 Å². The molecule has 2 rings (SSSR count). The summed E-state index contributed by atoms with van der Waals surface area (Å²) < 4.78 is 0. The second kappa shape index (κ2) is 6.70. The molecule has 0 bridgehead atoms. The van der Waals surface area contributed by atoms with Crippen molar-refractivity contribution in [3.63, 3.8) is 0 Å². The number of halogens is 1. The van der Waals surface area contributed by atoms with Crippen molar-refractivity contribution in [3.8, 4) is 0 Å². The molecule has 0 aliphatic rings. The zero-order chi connectivity index (χ0) is 15.4. The number of hydrogen-bond acceptors (Lipinski definition) is 3. The number of nitrogens with one attached hydrogen (secondary N) is 1. The van der Waals surface area contributed by atoms with Gasteiger partial charge in [-0.2, -0.15) is 0 Å². The van der Waals surface area contributed by atoms with Gasteiger partial charge in [-0.05, 0) is 37.1 Å². The van der Waals surface area contributed by atoms with Crippen LogP contribution in [0.2, 0.25) is 5.02 Å². The van der Waals surface area contributed by atoms with E-state index < -0.39 is 0 Å². The molecule has 110 valence electrons. The Bertz CT molecular complexity index is 641. The van der Waals surface area contributed by atoms with Gasteiger partial charge in [-0.25, -0.2) is 0 Å². The molecule has 0 aliphatic carbocycles. The molecule has 2 aromatic carbocycles.